The molecule has 0 saturated carbocycles. The molecule has 0 amide bonds. The fourth-order valence-corrected chi connectivity index (χ4v) is 4.84. The number of aromatic nitrogens is 2. The van der Waals surface area contributed by atoms with Gasteiger partial charge in [0.1, 0.15) is 0 Å². The third-order valence-electron chi connectivity index (χ3n) is 5.13. The number of anilines is 2. The van der Waals surface area contributed by atoms with Gasteiger partial charge in [0.2, 0.25) is 5.95 Å². The highest BCUT2D eigenvalue weighted by Gasteiger charge is 2.19. The summed E-state index contributed by atoms with van der Waals surface area (Å²) in [6.45, 7) is 0. The quantitative estimate of drug-likeness (QED) is 0.217. The molecule has 0 aliphatic heterocycles. The van der Waals surface area contributed by atoms with E-state index in [0.717, 1.165) is 14.5 Å². The van der Waals surface area contributed by atoms with E-state index < -0.39 is 10.0 Å². The average Bonchev–Trinajstić information content (AvgIpc) is 2.85. The first-order chi connectivity index (χ1) is 16.8. The predicted octanol–water partition coefficient (Wildman–Crippen LogP) is 6.23. The van der Waals surface area contributed by atoms with E-state index in [4.69, 9.17) is 0 Å². The van der Waals surface area contributed by atoms with Crippen molar-refractivity contribution in [2.75, 3.05) is 10.0 Å². The van der Waals surface area contributed by atoms with Gasteiger partial charge in [-0.05, 0) is 60.2 Å². The van der Waals surface area contributed by atoms with Crippen LogP contribution >= 0.6 is 31.9 Å². The Morgan fingerprint density at radius 2 is 1.40 bits per heavy atom. The number of hydrogen-bond acceptors (Lipinski definition) is 6. The Hall–Kier alpha value is -3.08. The molecule has 35 heavy (non-hydrogen) atoms. The molecule has 1 unspecified atom stereocenters. The second kappa shape index (κ2) is 11.1. The first kappa shape index (κ1) is 25.0. The van der Waals surface area contributed by atoms with E-state index in [1.807, 2.05) is 36.4 Å². The number of carbonyl (C=O) groups is 1. The second-order valence-electron chi connectivity index (χ2n) is 7.58. The molecule has 1 atom stereocenters. The van der Waals surface area contributed by atoms with Crippen LogP contribution in [0.5, 0.6) is 0 Å². The first-order valence-corrected chi connectivity index (χ1v) is 13.6. The van der Waals surface area contributed by atoms with E-state index in [1.54, 1.807) is 30.3 Å². The maximum Gasteiger partial charge on any atom is 0.264 e. The van der Waals surface area contributed by atoms with Crippen LogP contribution in [0.3, 0.4) is 0 Å². The minimum absolute atomic E-state index is 0.00328. The lowest BCUT2D eigenvalue weighted by molar-refractivity contribution is 0.0976. The van der Waals surface area contributed by atoms with Crippen molar-refractivity contribution in [3.63, 3.8) is 0 Å². The molecular weight excluding hydrogens is 596 g/mol. The van der Waals surface area contributed by atoms with Crippen LogP contribution in [0.1, 0.15) is 28.4 Å². The number of nitrogens with one attached hydrogen (secondary N) is 2. The number of sulfonamides is 1. The Labute approximate surface area is 220 Å². The normalized spacial score (nSPS) is 12.1. The molecule has 3 aromatic carbocycles. The van der Waals surface area contributed by atoms with Gasteiger partial charge in [-0.15, -0.1) is 0 Å². The van der Waals surface area contributed by atoms with Gasteiger partial charge >= 0.3 is 0 Å². The fourth-order valence-electron chi connectivity index (χ4n) is 3.35. The second-order valence-corrected chi connectivity index (χ2v) is 11.1. The van der Waals surface area contributed by atoms with Gasteiger partial charge in [0.05, 0.1) is 10.9 Å². The van der Waals surface area contributed by atoms with Gasteiger partial charge in [-0.1, -0.05) is 56.1 Å². The van der Waals surface area contributed by atoms with Gasteiger partial charge in [-0.2, -0.15) is 0 Å². The standard InChI is InChI=1S/C25H20Br2N4O3S/c26-19-6-2-17(3-7-19)23(16-24(32)18-4-8-20(27)9-5-18)30-21-10-12-22(13-11-21)35(33,34)31-25-28-14-1-15-29-25/h1-15,23,30H,16H2,(H,28,29,31). The number of rotatable bonds is 9. The van der Waals surface area contributed by atoms with Crippen molar-refractivity contribution in [3.05, 3.63) is 111 Å². The van der Waals surface area contributed by atoms with E-state index in [-0.39, 0.29) is 29.1 Å². The van der Waals surface area contributed by atoms with E-state index in [0.29, 0.717) is 11.3 Å². The number of benzene rings is 3. The zero-order chi connectivity index (χ0) is 24.8. The molecular formula is C25H20Br2N4O3S. The average molecular weight is 616 g/mol. The summed E-state index contributed by atoms with van der Waals surface area (Å²) >= 11 is 6.83. The molecule has 0 fully saturated rings. The first-order valence-electron chi connectivity index (χ1n) is 10.5. The highest BCUT2D eigenvalue weighted by Crippen LogP contribution is 2.27. The van der Waals surface area contributed by atoms with E-state index >= 15 is 0 Å². The van der Waals surface area contributed by atoms with Crippen LogP contribution < -0.4 is 10.0 Å². The molecule has 0 aliphatic rings. The molecule has 7 nitrogen and oxygen atoms in total. The maximum atomic E-state index is 13.0. The van der Waals surface area contributed by atoms with Crippen LogP contribution in [-0.4, -0.2) is 24.2 Å². The third kappa shape index (κ3) is 6.74. The predicted molar refractivity (Wildman–Crippen MR) is 143 cm³/mol. The largest absolute Gasteiger partial charge is 0.378 e. The number of ketones is 1. The molecule has 0 bridgehead atoms. The van der Waals surface area contributed by atoms with E-state index in [9.17, 15) is 13.2 Å². The minimum Gasteiger partial charge on any atom is -0.378 e. The van der Waals surface area contributed by atoms with Crippen molar-refractivity contribution in [2.45, 2.75) is 17.4 Å². The van der Waals surface area contributed by atoms with Crippen LogP contribution in [0.2, 0.25) is 0 Å². The smallest absolute Gasteiger partial charge is 0.264 e. The molecule has 1 aromatic heterocycles. The Bertz CT molecular complexity index is 1400. The van der Waals surface area contributed by atoms with Crippen molar-refractivity contribution in [1.82, 2.24) is 9.97 Å². The highest BCUT2D eigenvalue weighted by molar-refractivity contribution is 9.10. The molecule has 178 valence electrons. The summed E-state index contributed by atoms with van der Waals surface area (Å²) in [5.74, 6) is -0.0133. The molecule has 2 N–H and O–H groups in total. The van der Waals surface area contributed by atoms with Crippen LogP contribution in [0, 0.1) is 0 Å². The summed E-state index contributed by atoms with van der Waals surface area (Å²) in [5, 5.41) is 3.37. The fraction of sp³-hybridized carbons (Fsp3) is 0.0800. The number of hydrogen-bond donors (Lipinski definition) is 2. The zero-order valence-corrected chi connectivity index (χ0v) is 22.2. The summed E-state index contributed by atoms with van der Waals surface area (Å²) in [6.07, 6.45) is 3.13. The van der Waals surface area contributed by atoms with Crippen molar-refractivity contribution in [3.8, 4) is 0 Å². The van der Waals surface area contributed by atoms with Gasteiger partial charge < -0.3 is 5.32 Å². The number of nitrogens with zero attached hydrogens (tertiary/aromatic N) is 2. The number of Topliss-reactive ketones (excluding diaryl/α,β-unsaturated/α-hetero) is 1. The molecule has 0 saturated heterocycles. The van der Waals surface area contributed by atoms with Crippen molar-refractivity contribution < 1.29 is 13.2 Å². The third-order valence-corrected chi connectivity index (χ3v) is 7.53. The molecule has 10 heteroatoms. The van der Waals surface area contributed by atoms with Crippen LogP contribution in [0.15, 0.2) is 105 Å². The topological polar surface area (TPSA) is 101 Å². The maximum absolute atomic E-state index is 13.0. The molecule has 0 radical (unpaired) electrons. The Morgan fingerprint density at radius 1 is 0.829 bits per heavy atom. The summed E-state index contributed by atoms with van der Waals surface area (Å²) in [6, 6.07) is 22.5. The molecule has 0 spiro atoms. The van der Waals surface area contributed by atoms with Gasteiger partial charge in [-0.25, -0.2) is 23.1 Å². The highest BCUT2D eigenvalue weighted by atomic mass is 79.9. The van der Waals surface area contributed by atoms with Gasteiger partial charge in [-0.3, -0.25) is 4.79 Å². The van der Waals surface area contributed by atoms with Crippen LogP contribution in [0.4, 0.5) is 11.6 Å². The zero-order valence-electron chi connectivity index (χ0n) is 18.2. The molecule has 1 heterocycles. The SMILES string of the molecule is O=C(CC(Nc1ccc(S(=O)(=O)Nc2ncccn2)cc1)c1ccc(Br)cc1)c1ccc(Br)cc1. The minimum atomic E-state index is -3.84. The lowest BCUT2D eigenvalue weighted by atomic mass is 9.97. The number of carbonyl (C=O) groups excluding carboxylic acids is 1. The summed E-state index contributed by atoms with van der Waals surface area (Å²) < 4.78 is 29.5. The molecule has 4 rings (SSSR count). The van der Waals surface area contributed by atoms with Gasteiger partial charge in [0.25, 0.3) is 10.0 Å². The van der Waals surface area contributed by atoms with E-state index in [2.05, 4.69) is 51.9 Å². The monoisotopic (exact) mass is 614 g/mol. The van der Waals surface area contributed by atoms with E-state index in [1.165, 1.54) is 24.5 Å². The summed E-state index contributed by atoms with van der Waals surface area (Å²) in [7, 11) is -3.84. The summed E-state index contributed by atoms with van der Waals surface area (Å²) in [5.41, 5.74) is 2.22. The van der Waals surface area contributed by atoms with Gasteiger partial charge in [0, 0.05) is 39.0 Å². The van der Waals surface area contributed by atoms with Crippen molar-refractivity contribution >= 4 is 59.3 Å². The number of halogens is 2. The lowest BCUT2D eigenvalue weighted by Gasteiger charge is -2.20. The van der Waals surface area contributed by atoms with Gasteiger partial charge in [0.15, 0.2) is 5.78 Å². The van der Waals surface area contributed by atoms with Crippen molar-refractivity contribution in [2.24, 2.45) is 0 Å². The van der Waals surface area contributed by atoms with Crippen LogP contribution in [-0.2, 0) is 10.0 Å². The summed E-state index contributed by atoms with van der Waals surface area (Å²) in [4.78, 5) is 20.8. The molecule has 0 aliphatic carbocycles. The Balaban J connectivity index is 1.54. The Morgan fingerprint density at radius 3 is 2.00 bits per heavy atom. The lowest BCUT2D eigenvalue weighted by Crippen LogP contribution is -2.17. The Kier molecular flexibility index (Phi) is 7.94. The van der Waals surface area contributed by atoms with Crippen molar-refractivity contribution in [1.29, 1.82) is 0 Å². The van der Waals surface area contributed by atoms with Crippen LogP contribution in [0.25, 0.3) is 0 Å². The molecule has 4 aromatic rings.